The molecule has 0 unspecified atom stereocenters. The predicted molar refractivity (Wildman–Crippen MR) is 94.0 cm³/mol. The van der Waals surface area contributed by atoms with Gasteiger partial charge in [-0.25, -0.2) is 17.9 Å². The van der Waals surface area contributed by atoms with E-state index >= 15 is 0 Å². The van der Waals surface area contributed by atoms with Crippen LogP contribution in [0.25, 0.3) is 0 Å². The van der Waals surface area contributed by atoms with E-state index in [1.807, 2.05) is 0 Å². The lowest BCUT2D eigenvalue weighted by atomic mass is 9.53. The van der Waals surface area contributed by atoms with E-state index < -0.39 is 16.0 Å². The molecule has 5 rings (SSSR count). The zero-order chi connectivity index (χ0) is 17.8. The van der Waals surface area contributed by atoms with Gasteiger partial charge in [-0.3, -0.25) is 0 Å². The molecule has 0 aromatic heterocycles. The molecule has 5 nitrogen and oxygen atoms in total. The summed E-state index contributed by atoms with van der Waals surface area (Å²) in [5, 5.41) is 0.181. The highest BCUT2D eigenvalue weighted by Gasteiger charge is 2.52. The van der Waals surface area contributed by atoms with Gasteiger partial charge in [-0.1, -0.05) is 11.6 Å². The van der Waals surface area contributed by atoms with E-state index in [1.54, 1.807) is 0 Å². The van der Waals surface area contributed by atoms with Gasteiger partial charge in [0.05, 0.1) is 22.6 Å². The molecule has 4 aliphatic rings. The fraction of sp³-hybridized carbons (Fsp3) is 0.611. The molecule has 0 amide bonds. The van der Waals surface area contributed by atoms with Gasteiger partial charge in [-0.2, -0.15) is 0 Å². The largest absolute Gasteiger partial charge is 0.465 e. The Kier molecular flexibility index (Phi) is 4.13. The number of rotatable bonds is 4. The van der Waals surface area contributed by atoms with Gasteiger partial charge in [0, 0.05) is 5.54 Å². The second-order valence-electron chi connectivity index (χ2n) is 7.94. The molecule has 25 heavy (non-hydrogen) atoms. The van der Waals surface area contributed by atoms with Gasteiger partial charge >= 0.3 is 5.97 Å². The summed E-state index contributed by atoms with van der Waals surface area (Å²) < 4.78 is 33.6. The van der Waals surface area contributed by atoms with Crippen LogP contribution in [0, 0.1) is 17.8 Å². The Morgan fingerprint density at radius 3 is 2.24 bits per heavy atom. The number of carbonyl (C=O) groups is 1. The normalized spacial score (nSPS) is 33.4. The number of hydrogen-bond acceptors (Lipinski definition) is 4. The molecule has 136 valence electrons. The number of nitrogens with one attached hydrogen (secondary N) is 1. The zero-order valence-corrected chi connectivity index (χ0v) is 15.7. The molecule has 0 atom stereocenters. The lowest BCUT2D eigenvalue weighted by Crippen LogP contribution is -2.59. The lowest BCUT2D eigenvalue weighted by molar-refractivity contribution is -0.00810. The van der Waals surface area contributed by atoms with Crippen molar-refractivity contribution in [3.8, 4) is 0 Å². The van der Waals surface area contributed by atoms with E-state index in [1.165, 1.54) is 44.6 Å². The van der Waals surface area contributed by atoms with Gasteiger partial charge in [0.1, 0.15) is 0 Å². The van der Waals surface area contributed by atoms with Crippen molar-refractivity contribution in [2.24, 2.45) is 17.8 Å². The average molecular weight is 384 g/mol. The van der Waals surface area contributed by atoms with Crippen LogP contribution in [0.1, 0.15) is 48.9 Å². The Hall–Kier alpha value is -1.11. The van der Waals surface area contributed by atoms with E-state index in [0.717, 1.165) is 19.3 Å². The summed E-state index contributed by atoms with van der Waals surface area (Å²) in [7, 11) is -2.48. The van der Waals surface area contributed by atoms with Crippen molar-refractivity contribution in [2.75, 3.05) is 7.11 Å². The molecule has 0 radical (unpaired) electrons. The van der Waals surface area contributed by atoms with Crippen molar-refractivity contribution in [3.63, 3.8) is 0 Å². The van der Waals surface area contributed by atoms with Crippen LogP contribution in [0.2, 0.25) is 5.02 Å². The Bertz CT molecular complexity index is 785. The van der Waals surface area contributed by atoms with Crippen LogP contribution in [0.5, 0.6) is 0 Å². The third kappa shape index (κ3) is 3.09. The van der Waals surface area contributed by atoms with E-state index in [0.29, 0.717) is 17.8 Å². The van der Waals surface area contributed by atoms with E-state index in [9.17, 15) is 13.2 Å². The van der Waals surface area contributed by atoms with E-state index in [-0.39, 0.29) is 21.0 Å². The Labute approximate surface area is 153 Å². The van der Waals surface area contributed by atoms with Gasteiger partial charge < -0.3 is 4.74 Å². The Balaban J connectivity index is 1.63. The standard InChI is InChI=1S/C18H22ClNO4S/c1-24-17(21)15-7-14(2-3-16(15)19)25(22,23)20-18-8-11-4-12(9-18)6-13(5-11)10-18/h2-3,7,11-13,20H,4-6,8-10H2,1H3. The minimum Gasteiger partial charge on any atom is -0.465 e. The molecule has 1 N–H and O–H groups in total. The maximum absolute atomic E-state index is 13.0. The van der Waals surface area contributed by atoms with Crippen LogP contribution < -0.4 is 4.72 Å². The zero-order valence-electron chi connectivity index (χ0n) is 14.1. The van der Waals surface area contributed by atoms with Gasteiger partial charge in [-0.05, 0) is 74.5 Å². The van der Waals surface area contributed by atoms with Gasteiger partial charge in [-0.15, -0.1) is 0 Å². The predicted octanol–water partition coefficient (Wildman–Crippen LogP) is 3.37. The highest BCUT2D eigenvalue weighted by molar-refractivity contribution is 7.89. The minimum absolute atomic E-state index is 0.0630. The van der Waals surface area contributed by atoms with Crippen molar-refractivity contribution in [1.82, 2.24) is 4.72 Å². The molecule has 7 heteroatoms. The molecule has 1 aromatic carbocycles. The maximum atomic E-state index is 13.0. The topological polar surface area (TPSA) is 72.5 Å². The van der Waals surface area contributed by atoms with Crippen molar-refractivity contribution >= 4 is 27.6 Å². The minimum atomic E-state index is -3.72. The molecule has 4 saturated carbocycles. The summed E-state index contributed by atoms with van der Waals surface area (Å²) >= 11 is 6.00. The highest BCUT2D eigenvalue weighted by atomic mass is 35.5. The van der Waals surface area contributed by atoms with Crippen LogP contribution in [0.4, 0.5) is 0 Å². The second kappa shape index (κ2) is 5.96. The number of carbonyl (C=O) groups excluding carboxylic acids is 1. The van der Waals surface area contributed by atoms with E-state index in [2.05, 4.69) is 9.46 Å². The van der Waals surface area contributed by atoms with Gasteiger partial charge in [0.25, 0.3) is 0 Å². The maximum Gasteiger partial charge on any atom is 0.339 e. The summed E-state index contributed by atoms with van der Waals surface area (Å²) in [4.78, 5) is 11.9. The average Bonchev–Trinajstić information content (AvgIpc) is 2.52. The quantitative estimate of drug-likeness (QED) is 0.809. The fourth-order valence-corrected chi connectivity index (χ4v) is 7.17. The van der Waals surface area contributed by atoms with Crippen molar-refractivity contribution in [3.05, 3.63) is 28.8 Å². The first kappa shape index (κ1) is 17.3. The first-order valence-electron chi connectivity index (χ1n) is 8.72. The summed E-state index contributed by atoms with van der Waals surface area (Å²) in [6.45, 7) is 0. The summed E-state index contributed by atoms with van der Waals surface area (Å²) in [5.41, 5.74) is -0.254. The SMILES string of the molecule is COC(=O)c1cc(S(=O)(=O)NC23CC4CC(CC(C4)C2)C3)ccc1Cl. The molecule has 0 heterocycles. The van der Waals surface area contributed by atoms with Crippen molar-refractivity contribution in [1.29, 1.82) is 0 Å². The number of sulfonamides is 1. The first-order chi connectivity index (χ1) is 11.8. The number of ether oxygens (including phenoxy) is 1. The number of benzene rings is 1. The lowest BCUT2D eigenvalue weighted by Gasteiger charge is -2.56. The van der Waals surface area contributed by atoms with Crippen molar-refractivity contribution < 1.29 is 17.9 Å². The van der Waals surface area contributed by atoms with Crippen LogP contribution in [0.3, 0.4) is 0 Å². The van der Waals surface area contributed by atoms with E-state index in [4.69, 9.17) is 11.6 Å². The summed E-state index contributed by atoms with van der Waals surface area (Å²) in [5.74, 6) is 1.29. The number of methoxy groups -OCH3 is 1. The van der Waals surface area contributed by atoms with Crippen molar-refractivity contribution in [2.45, 2.75) is 49.0 Å². The third-order valence-electron chi connectivity index (χ3n) is 6.04. The Morgan fingerprint density at radius 1 is 1.16 bits per heavy atom. The van der Waals surface area contributed by atoms with Gasteiger partial charge in [0.2, 0.25) is 10.0 Å². The van der Waals surface area contributed by atoms with Crippen LogP contribution >= 0.6 is 11.6 Å². The molecule has 0 spiro atoms. The third-order valence-corrected chi connectivity index (χ3v) is 7.95. The van der Waals surface area contributed by atoms with Gasteiger partial charge in [0.15, 0.2) is 0 Å². The van der Waals surface area contributed by atoms with Crippen LogP contribution in [0.15, 0.2) is 23.1 Å². The first-order valence-corrected chi connectivity index (χ1v) is 10.6. The summed E-state index contributed by atoms with van der Waals surface area (Å²) in [6, 6.07) is 4.18. The molecule has 4 fully saturated rings. The molecular weight excluding hydrogens is 362 g/mol. The fourth-order valence-electron chi connectivity index (χ4n) is 5.52. The highest BCUT2D eigenvalue weighted by Crippen LogP contribution is 2.56. The molecule has 1 aromatic rings. The smallest absolute Gasteiger partial charge is 0.339 e. The number of hydrogen-bond donors (Lipinski definition) is 1. The molecular formula is C18H22ClNO4S. The monoisotopic (exact) mass is 383 g/mol. The molecule has 0 aliphatic heterocycles. The second-order valence-corrected chi connectivity index (χ2v) is 10.0. The number of esters is 1. The van der Waals surface area contributed by atoms with Crippen LogP contribution in [-0.4, -0.2) is 27.0 Å². The van der Waals surface area contributed by atoms with Crippen LogP contribution in [-0.2, 0) is 14.8 Å². The molecule has 0 saturated heterocycles. The molecule has 4 aliphatic carbocycles. The molecule has 4 bridgehead atoms. The number of halogens is 1. The summed E-state index contributed by atoms with van der Waals surface area (Å²) in [6.07, 6.45) is 6.51. The Morgan fingerprint density at radius 2 is 1.72 bits per heavy atom.